The van der Waals surface area contributed by atoms with Crippen molar-refractivity contribution in [3.05, 3.63) is 172 Å². The SMILES string of the molecule is C=C/C=C\C(=C/C)N1C(=O)/C(=C/c2cc(Br)c(OCc3ccc(C)cc3)c(OC)c2)C(=O)N=C1SCC(=O)NC(c1ccccc1)c1ccccc1. The Labute approximate surface area is 316 Å². The minimum atomic E-state index is -0.728. The van der Waals surface area contributed by atoms with Crippen LogP contribution in [0.25, 0.3) is 6.08 Å². The molecule has 0 atom stereocenters. The van der Waals surface area contributed by atoms with Crippen molar-refractivity contribution in [2.45, 2.75) is 26.5 Å². The number of allylic oxidation sites excluding steroid dienone is 4. The van der Waals surface area contributed by atoms with E-state index in [2.05, 4.69) is 32.8 Å². The molecular weight excluding hydrogens is 738 g/mol. The van der Waals surface area contributed by atoms with Crippen LogP contribution in [0.2, 0.25) is 0 Å². The quantitative estimate of drug-likeness (QED) is 0.0829. The van der Waals surface area contributed by atoms with Crippen molar-refractivity contribution in [2.24, 2.45) is 4.99 Å². The third kappa shape index (κ3) is 9.45. The molecule has 0 bridgehead atoms. The van der Waals surface area contributed by atoms with Crippen LogP contribution in [0.4, 0.5) is 0 Å². The fourth-order valence-electron chi connectivity index (χ4n) is 5.36. The molecule has 0 fully saturated rings. The van der Waals surface area contributed by atoms with E-state index < -0.39 is 17.9 Å². The zero-order valence-electron chi connectivity index (χ0n) is 29.0. The number of thioether (sulfide) groups is 1. The van der Waals surface area contributed by atoms with Gasteiger partial charge < -0.3 is 14.8 Å². The Kier molecular flexibility index (Phi) is 13.2. The van der Waals surface area contributed by atoms with Gasteiger partial charge in [-0.2, -0.15) is 4.99 Å². The molecule has 0 aliphatic carbocycles. The Morgan fingerprint density at radius 2 is 1.65 bits per heavy atom. The number of hydrogen-bond donors (Lipinski definition) is 1. The average Bonchev–Trinajstić information content (AvgIpc) is 3.16. The second-order valence-electron chi connectivity index (χ2n) is 11.6. The maximum Gasteiger partial charge on any atom is 0.285 e. The minimum absolute atomic E-state index is 0.0821. The zero-order chi connectivity index (χ0) is 37.0. The van der Waals surface area contributed by atoms with Gasteiger partial charge in [-0.05, 0) is 76.3 Å². The molecule has 0 saturated heterocycles. The van der Waals surface area contributed by atoms with Gasteiger partial charge in [0.1, 0.15) is 12.2 Å². The van der Waals surface area contributed by atoms with Crippen LogP contribution in [0.15, 0.2) is 149 Å². The number of hydrogen-bond acceptors (Lipinski definition) is 6. The van der Waals surface area contributed by atoms with Crippen molar-refractivity contribution >= 4 is 56.7 Å². The standard InChI is InChI=1S/C42H38BrN3O5S/c1-5-7-18-33(6-2)46-41(49)34(23-30-24-35(43)39(36(25-30)50-4)51-26-29-21-19-28(3)20-22-29)40(48)45-42(46)52-27-37(47)44-38(31-14-10-8-11-15-31)32-16-12-9-13-17-32/h5-25,38H,1,26-27H2,2-4H3,(H,44,47)/b18-7-,33-6+,34-23+. The number of aliphatic imine (C=N–C) groups is 1. The van der Waals surface area contributed by atoms with E-state index in [0.29, 0.717) is 33.8 Å². The lowest BCUT2D eigenvalue weighted by molar-refractivity contribution is -0.126. The maximum absolute atomic E-state index is 14.2. The van der Waals surface area contributed by atoms with E-state index in [1.54, 1.807) is 43.4 Å². The number of nitrogens with one attached hydrogen (secondary N) is 1. The fraction of sp³-hybridized carbons (Fsp3) is 0.143. The van der Waals surface area contributed by atoms with Gasteiger partial charge in [-0.1, -0.05) is 127 Å². The summed E-state index contributed by atoms with van der Waals surface area (Å²) in [5, 5.41) is 3.19. The predicted molar refractivity (Wildman–Crippen MR) is 212 cm³/mol. The van der Waals surface area contributed by atoms with Crippen LogP contribution in [-0.4, -0.2) is 40.7 Å². The summed E-state index contributed by atoms with van der Waals surface area (Å²) in [6.07, 6.45) is 8.15. The van der Waals surface area contributed by atoms with Crippen LogP contribution in [-0.2, 0) is 21.0 Å². The second kappa shape index (κ2) is 18.2. The molecule has 52 heavy (non-hydrogen) atoms. The Bertz CT molecular complexity index is 2020. The fourth-order valence-corrected chi connectivity index (χ4v) is 6.75. The Morgan fingerprint density at radius 1 is 1.00 bits per heavy atom. The molecule has 5 rings (SSSR count). The summed E-state index contributed by atoms with van der Waals surface area (Å²) in [5.74, 6) is -0.812. The molecule has 1 heterocycles. The highest BCUT2D eigenvalue weighted by molar-refractivity contribution is 9.10. The van der Waals surface area contributed by atoms with Crippen molar-refractivity contribution in [1.29, 1.82) is 0 Å². The maximum atomic E-state index is 14.2. The number of halogens is 1. The molecule has 0 aromatic heterocycles. The summed E-state index contributed by atoms with van der Waals surface area (Å²) < 4.78 is 12.3. The first-order valence-corrected chi connectivity index (χ1v) is 18.2. The Balaban J connectivity index is 1.41. The highest BCUT2D eigenvalue weighted by atomic mass is 79.9. The van der Waals surface area contributed by atoms with Crippen molar-refractivity contribution in [2.75, 3.05) is 12.9 Å². The van der Waals surface area contributed by atoms with Gasteiger partial charge in [0.2, 0.25) is 5.91 Å². The van der Waals surface area contributed by atoms with Gasteiger partial charge in [0.05, 0.1) is 23.4 Å². The molecule has 10 heteroatoms. The van der Waals surface area contributed by atoms with Crippen LogP contribution in [0.3, 0.4) is 0 Å². The summed E-state index contributed by atoms with van der Waals surface area (Å²) in [7, 11) is 1.52. The topological polar surface area (TPSA) is 97.3 Å². The molecule has 264 valence electrons. The number of carbonyl (C=O) groups excluding carboxylic acids is 3. The lowest BCUT2D eigenvalue weighted by atomic mass is 9.99. The number of rotatable bonds is 13. The highest BCUT2D eigenvalue weighted by Crippen LogP contribution is 2.38. The van der Waals surface area contributed by atoms with Gasteiger partial charge in [0, 0.05) is 5.70 Å². The summed E-state index contributed by atoms with van der Waals surface area (Å²) in [5.41, 5.74) is 4.80. The molecule has 1 N–H and O–H groups in total. The van der Waals surface area contributed by atoms with Gasteiger partial charge in [-0.25, -0.2) is 0 Å². The normalized spacial score (nSPS) is 14.2. The van der Waals surface area contributed by atoms with E-state index >= 15 is 0 Å². The summed E-state index contributed by atoms with van der Waals surface area (Å²) in [6.45, 7) is 7.85. The first kappa shape index (κ1) is 37.8. The van der Waals surface area contributed by atoms with E-state index in [9.17, 15) is 14.4 Å². The van der Waals surface area contributed by atoms with Crippen molar-refractivity contribution in [3.63, 3.8) is 0 Å². The Morgan fingerprint density at radius 3 is 2.25 bits per heavy atom. The number of benzene rings is 4. The highest BCUT2D eigenvalue weighted by Gasteiger charge is 2.35. The lowest BCUT2D eigenvalue weighted by Gasteiger charge is -2.28. The lowest BCUT2D eigenvalue weighted by Crippen LogP contribution is -2.42. The van der Waals surface area contributed by atoms with E-state index in [1.165, 1.54) is 18.1 Å². The van der Waals surface area contributed by atoms with E-state index in [0.717, 1.165) is 34.0 Å². The van der Waals surface area contributed by atoms with Gasteiger partial charge in [-0.15, -0.1) is 0 Å². The molecule has 8 nitrogen and oxygen atoms in total. The Hall–Kier alpha value is -5.45. The zero-order valence-corrected chi connectivity index (χ0v) is 31.4. The van der Waals surface area contributed by atoms with Crippen LogP contribution in [0.1, 0.15) is 40.8 Å². The third-order valence-corrected chi connectivity index (χ3v) is 9.51. The van der Waals surface area contributed by atoms with Gasteiger partial charge >= 0.3 is 0 Å². The molecule has 0 radical (unpaired) electrons. The molecule has 4 aromatic rings. The molecule has 1 aliphatic rings. The van der Waals surface area contributed by atoms with Gasteiger partial charge in [-0.3, -0.25) is 19.3 Å². The average molecular weight is 777 g/mol. The second-order valence-corrected chi connectivity index (χ2v) is 13.4. The van der Waals surface area contributed by atoms with Crippen LogP contribution >= 0.6 is 27.7 Å². The van der Waals surface area contributed by atoms with Crippen LogP contribution in [0, 0.1) is 6.92 Å². The number of ether oxygens (including phenoxy) is 2. The minimum Gasteiger partial charge on any atom is -0.493 e. The number of nitrogens with zero attached hydrogens (tertiary/aromatic N) is 2. The molecule has 4 aromatic carbocycles. The first-order valence-electron chi connectivity index (χ1n) is 16.4. The predicted octanol–water partition coefficient (Wildman–Crippen LogP) is 8.74. The molecular formula is C42H38BrN3O5S. The smallest absolute Gasteiger partial charge is 0.285 e. The van der Waals surface area contributed by atoms with Crippen molar-refractivity contribution < 1.29 is 23.9 Å². The number of methoxy groups -OCH3 is 1. The van der Waals surface area contributed by atoms with Gasteiger partial charge in [0.15, 0.2) is 16.7 Å². The molecule has 3 amide bonds. The number of aryl methyl sites for hydroxylation is 1. The molecule has 0 saturated carbocycles. The molecule has 1 aliphatic heterocycles. The third-order valence-electron chi connectivity index (χ3n) is 7.98. The van der Waals surface area contributed by atoms with E-state index in [4.69, 9.17) is 9.47 Å². The number of carbonyl (C=O) groups is 3. The van der Waals surface area contributed by atoms with Gasteiger partial charge in [0.25, 0.3) is 11.8 Å². The van der Waals surface area contributed by atoms with Crippen LogP contribution < -0.4 is 14.8 Å². The molecule has 0 unspecified atom stereocenters. The molecule has 0 spiro atoms. The monoisotopic (exact) mass is 775 g/mol. The largest absolute Gasteiger partial charge is 0.493 e. The number of amidine groups is 1. The first-order chi connectivity index (χ1) is 25.2. The van der Waals surface area contributed by atoms with E-state index in [1.807, 2.05) is 91.9 Å². The van der Waals surface area contributed by atoms with E-state index in [-0.39, 0.29) is 22.4 Å². The summed E-state index contributed by atoms with van der Waals surface area (Å²) in [4.78, 5) is 46.8. The summed E-state index contributed by atoms with van der Waals surface area (Å²) >= 11 is 4.58. The van der Waals surface area contributed by atoms with Crippen molar-refractivity contribution in [3.8, 4) is 11.5 Å². The van der Waals surface area contributed by atoms with Crippen LogP contribution in [0.5, 0.6) is 11.5 Å². The number of amides is 3. The van der Waals surface area contributed by atoms with Crippen molar-refractivity contribution in [1.82, 2.24) is 10.2 Å². The summed E-state index contributed by atoms with van der Waals surface area (Å²) in [6, 6.07) is 30.4.